The van der Waals surface area contributed by atoms with Crippen LogP contribution < -0.4 is 0 Å². The van der Waals surface area contributed by atoms with E-state index in [1.807, 2.05) is 37.3 Å². The van der Waals surface area contributed by atoms with E-state index in [0.29, 0.717) is 26.2 Å². The molecule has 3 nitrogen and oxygen atoms in total. The van der Waals surface area contributed by atoms with Crippen molar-refractivity contribution in [1.82, 2.24) is 0 Å². The summed E-state index contributed by atoms with van der Waals surface area (Å²) >= 11 is 0. The lowest BCUT2D eigenvalue weighted by Crippen LogP contribution is -2.44. The zero-order valence-electron chi connectivity index (χ0n) is 15.5. The fourth-order valence-electron chi connectivity index (χ4n) is 1.80. The predicted octanol–water partition coefficient (Wildman–Crippen LogP) is 4.82. The van der Waals surface area contributed by atoms with Crippen LogP contribution in [0.5, 0.6) is 0 Å². The zero-order chi connectivity index (χ0) is 17.6. The van der Waals surface area contributed by atoms with E-state index in [9.17, 15) is 4.79 Å². The molecule has 1 aromatic rings. The minimum absolute atomic E-state index is 0.153. The first-order valence-electron chi connectivity index (χ1n) is 8.32. The highest BCUT2D eigenvalue weighted by Gasteiger charge is 2.39. The van der Waals surface area contributed by atoms with Gasteiger partial charge in [-0.2, -0.15) is 0 Å². The summed E-state index contributed by atoms with van der Waals surface area (Å²) in [4.78, 5) is 11.5. The quantitative estimate of drug-likeness (QED) is 0.368. The van der Waals surface area contributed by atoms with Crippen LogP contribution in [-0.2, 0) is 20.6 Å². The molecule has 0 aliphatic carbocycles. The van der Waals surface area contributed by atoms with Gasteiger partial charge < -0.3 is 14.0 Å². The van der Waals surface area contributed by atoms with Crippen LogP contribution in [0.4, 0.5) is 0 Å². The molecule has 0 aliphatic heterocycles. The molecule has 1 atom stereocenters. The lowest BCUT2D eigenvalue weighted by Gasteiger charge is -2.38. The third kappa shape index (κ3) is 6.57. The number of rotatable bonds is 9. The molecule has 130 valence electrons. The second kappa shape index (κ2) is 8.22. The molecular weight excluding hydrogens is 304 g/mol. The third-order valence-corrected chi connectivity index (χ3v) is 9.26. The van der Waals surface area contributed by atoms with Crippen molar-refractivity contribution in [3.05, 3.63) is 35.9 Å². The van der Waals surface area contributed by atoms with Gasteiger partial charge in [0, 0.05) is 18.6 Å². The number of hydrogen-bond acceptors (Lipinski definition) is 3. The third-order valence-electron chi connectivity index (χ3n) is 4.78. The second-order valence-corrected chi connectivity index (χ2v) is 12.9. The monoisotopic (exact) mass is 336 g/mol. The van der Waals surface area contributed by atoms with Gasteiger partial charge in [0.1, 0.15) is 6.29 Å². The number of carbonyl (C=O) groups is 1. The molecule has 0 spiro atoms. The van der Waals surface area contributed by atoms with Crippen LogP contribution in [-0.4, -0.2) is 27.8 Å². The highest BCUT2D eigenvalue weighted by atomic mass is 28.4. The Hall–Kier alpha value is -0.973. The maximum atomic E-state index is 11.5. The molecule has 4 heteroatoms. The first-order chi connectivity index (χ1) is 10.6. The van der Waals surface area contributed by atoms with Crippen molar-refractivity contribution in [2.45, 2.75) is 58.9 Å². The Bertz CT molecular complexity index is 479. The SMILES string of the molecule is CC(C)(C)[Si](C)(C)OC[C@](C)(C=O)CCOCc1ccccc1. The molecule has 0 heterocycles. The lowest BCUT2D eigenvalue weighted by atomic mass is 9.90. The average Bonchev–Trinajstić information content (AvgIpc) is 2.50. The van der Waals surface area contributed by atoms with Gasteiger partial charge in [-0.3, -0.25) is 0 Å². The minimum Gasteiger partial charge on any atom is -0.416 e. The Kier molecular flexibility index (Phi) is 7.18. The van der Waals surface area contributed by atoms with Gasteiger partial charge in [0.2, 0.25) is 0 Å². The van der Waals surface area contributed by atoms with Crippen LogP contribution in [0.2, 0.25) is 18.1 Å². The summed E-state index contributed by atoms with van der Waals surface area (Å²) in [6, 6.07) is 10.1. The van der Waals surface area contributed by atoms with E-state index in [1.54, 1.807) is 0 Å². The van der Waals surface area contributed by atoms with Gasteiger partial charge in [-0.1, -0.05) is 58.0 Å². The van der Waals surface area contributed by atoms with E-state index in [-0.39, 0.29) is 5.04 Å². The van der Waals surface area contributed by atoms with Crippen molar-refractivity contribution in [1.29, 1.82) is 0 Å². The van der Waals surface area contributed by atoms with E-state index < -0.39 is 13.7 Å². The average molecular weight is 337 g/mol. The second-order valence-electron chi connectivity index (χ2n) is 8.11. The highest BCUT2D eigenvalue weighted by Crippen LogP contribution is 2.37. The van der Waals surface area contributed by atoms with Crippen molar-refractivity contribution in [2.75, 3.05) is 13.2 Å². The lowest BCUT2D eigenvalue weighted by molar-refractivity contribution is -0.118. The van der Waals surface area contributed by atoms with Gasteiger partial charge in [-0.15, -0.1) is 0 Å². The summed E-state index contributed by atoms with van der Waals surface area (Å²) in [5.41, 5.74) is 0.671. The van der Waals surface area contributed by atoms with Crippen molar-refractivity contribution in [3.63, 3.8) is 0 Å². The van der Waals surface area contributed by atoms with E-state index >= 15 is 0 Å². The fourth-order valence-corrected chi connectivity index (χ4v) is 2.92. The van der Waals surface area contributed by atoms with Gasteiger partial charge in [-0.25, -0.2) is 0 Å². The summed E-state index contributed by atoms with van der Waals surface area (Å²) in [7, 11) is -1.83. The number of aldehydes is 1. The number of benzene rings is 1. The van der Waals surface area contributed by atoms with Crippen molar-refractivity contribution in [2.24, 2.45) is 5.41 Å². The predicted molar refractivity (Wildman–Crippen MR) is 98.0 cm³/mol. The molecule has 23 heavy (non-hydrogen) atoms. The Labute approximate surface area is 142 Å². The zero-order valence-corrected chi connectivity index (χ0v) is 16.5. The molecule has 0 radical (unpaired) electrons. The molecule has 0 aliphatic rings. The van der Waals surface area contributed by atoms with E-state index in [4.69, 9.17) is 9.16 Å². The Morgan fingerprint density at radius 2 is 1.70 bits per heavy atom. The van der Waals surface area contributed by atoms with Gasteiger partial charge in [-0.05, 0) is 30.1 Å². The van der Waals surface area contributed by atoms with Crippen LogP contribution in [0, 0.1) is 5.41 Å². The molecule has 0 unspecified atom stereocenters. The first-order valence-corrected chi connectivity index (χ1v) is 11.2. The van der Waals surface area contributed by atoms with Crippen LogP contribution in [0.1, 0.15) is 39.7 Å². The van der Waals surface area contributed by atoms with Crippen LogP contribution in [0.3, 0.4) is 0 Å². The molecule has 0 fully saturated rings. The molecule has 0 amide bonds. The summed E-state index contributed by atoms with van der Waals surface area (Å²) < 4.78 is 11.9. The van der Waals surface area contributed by atoms with Crippen molar-refractivity contribution < 1.29 is 14.0 Å². The molecule has 1 aromatic carbocycles. The maximum Gasteiger partial charge on any atom is 0.192 e. The van der Waals surface area contributed by atoms with Gasteiger partial charge in [0.15, 0.2) is 8.32 Å². The summed E-state index contributed by atoms with van der Waals surface area (Å²) in [5.74, 6) is 0. The Balaban J connectivity index is 2.43. The largest absolute Gasteiger partial charge is 0.416 e. The van der Waals surface area contributed by atoms with Crippen molar-refractivity contribution >= 4 is 14.6 Å². The van der Waals surface area contributed by atoms with Crippen LogP contribution >= 0.6 is 0 Å². The fraction of sp³-hybridized carbons (Fsp3) is 0.632. The van der Waals surface area contributed by atoms with E-state index in [2.05, 4.69) is 33.9 Å². The molecule has 0 N–H and O–H groups in total. The Morgan fingerprint density at radius 1 is 1.09 bits per heavy atom. The van der Waals surface area contributed by atoms with E-state index in [0.717, 1.165) is 11.8 Å². The van der Waals surface area contributed by atoms with Gasteiger partial charge >= 0.3 is 0 Å². The number of ether oxygens (including phenoxy) is 1. The molecule has 0 bridgehead atoms. The summed E-state index contributed by atoms with van der Waals surface area (Å²) in [6.45, 7) is 14.6. The number of hydrogen-bond donors (Lipinski definition) is 0. The molecule has 0 aromatic heterocycles. The Morgan fingerprint density at radius 3 is 2.22 bits per heavy atom. The van der Waals surface area contributed by atoms with Gasteiger partial charge in [0.05, 0.1) is 6.61 Å². The molecular formula is C19H32O3Si. The van der Waals surface area contributed by atoms with Gasteiger partial charge in [0.25, 0.3) is 0 Å². The number of carbonyl (C=O) groups excluding carboxylic acids is 1. The summed E-state index contributed by atoms with van der Waals surface area (Å²) in [5, 5.41) is 0.153. The maximum absolute atomic E-state index is 11.5. The first kappa shape index (κ1) is 20.1. The topological polar surface area (TPSA) is 35.5 Å². The normalized spacial score (nSPS) is 15.2. The van der Waals surface area contributed by atoms with Crippen LogP contribution in [0.25, 0.3) is 0 Å². The van der Waals surface area contributed by atoms with Crippen LogP contribution in [0.15, 0.2) is 30.3 Å². The highest BCUT2D eigenvalue weighted by molar-refractivity contribution is 6.74. The van der Waals surface area contributed by atoms with Crippen molar-refractivity contribution in [3.8, 4) is 0 Å². The standard InChI is InChI=1S/C19H32O3Si/c1-18(2,3)23(5,6)22-16-19(4,15-20)12-13-21-14-17-10-8-7-9-11-17/h7-11,15H,12-14,16H2,1-6H3/t19-/m0/s1. The molecule has 1 rings (SSSR count). The summed E-state index contributed by atoms with van der Waals surface area (Å²) in [6.07, 6.45) is 1.70. The smallest absolute Gasteiger partial charge is 0.192 e. The molecule has 0 saturated heterocycles. The minimum atomic E-state index is -1.83. The van der Waals surface area contributed by atoms with E-state index in [1.165, 1.54) is 0 Å². The molecule has 0 saturated carbocycles.